The SMILES string of the molecule is Cc1nc(CC(=O)c2cc3ccccc3cc2N)cs1. The third kappa shape index (κ3) is 2.42. The lowest BCUT2D eigenvalue weighted by molar-refractivity contribution is 0.0993. The maximum atomic E-state index is 12.4. The normalized spacial score (nSPS) is 10.8. The minimum absolute atomic E-state index is 0.0125. The molecule has 100 valence electrons. The maximum Gasteiger partial charge on any atom is 0.170 e. The number of nitrogens with two attached hydrogens (primary N) is 1. The van der Waals surface area contributed by atoms with E-state index in [4.69, 9.17) is 5.73 Å². The summed E-state index contributed by atoms with van der Waals surface area (Å²) >= 11 is 1.55. The molecule has 0 aliphatic rings. The van der Waals surface area contributed by atoms with Gasteiger partial charge in [0.25, 0.3) is 0 Å². The molecule has 3 nitrogen and oxygen atoms in total. The van der Waals surface area contributed by atoms with Crippen molar-refractivity contribution >= 4 is 33.6 Å². The van der Waals surface area contributed by atoms with Crippen molar-refractivity contribution in [2.45, 2.75) is 13.3 Å². The van der Waals surface area contributed by atoms with Crippen molar-refractivity contribution in [1.82, 2.24) is 4.98 Å². The highest BCUT2D eigenvalue weighted by atomic mass is 32.1. The predicted octanol–water partition coefficient (Wildman–Crippen LogP) is 3.61. The first-order valence-electron chi connectivity index (χ1n) is 6.36. The van der Waals surface area contributed by atoms with Crippen LogP contribution in [0, 0.1) is 6.92 Å². The van der Waals surface area contributed by atoms with Crippen molar-refractivity contribution in [3.05, 3.63) is 58.0 Å². The summed E-state index contributed by atoms with van der Waals surface area (Å²) in [5.41, 5.74) is 7.92. The van der Waals surface area contributed by atoms with E-state index in [2.05, 4.69) is 4.98 Å². The topological polar surface area (TPSA) is 56.0 Å². The van der Waals surface area contributed by atoms with Gasteiger partial charge in [0.2, 0.25) is 0 Å². The Kier molecular flexibility index (Phi) is 3.24. The fraction of sp³-hybridized carbons (Fsp3) is 0.125. The van der Waals surface area contributed by atoms with Crippen molar-refractivity contribution < 1.29 is 4.79 Å². The Labute approximate surface area is 121 Å². The van der Waals surface area contributed by atoms with Crippen LogP contribution >= 0.6 is 11.3 Å². The summed E-state index contributed by atoms with van der Waals surface area (Å²) in [5, 5.41) is 4.97. The Morgan fingerprint density at radius 2 is 1.95 bits per heavy atom. The predicted molar refractivity (Wildman–Crippen MR) is 83.2 cm³/mol. The molecule has 2 aromatic carbocycles. The Balaban J connectivity index is 1.96. The van der Waals surface area contributed by atoms with Crippen LogP contribution < -0.4 is 5.73 Å². The van der Waals surface area contributed by atoms with E-state index < -0.39 is 0 Å². The van der Waals surface area contributed by atoms with Crippen LogP contribution in [0.3, 0.4) is 0 Å². The largest absolute Gasteiger partial charge is 0.398 e. The molecular formula is C16H14N2OS. The molecule has 0 unspecified atom stereocenters. The first-order valence-corrected chi connectivity index (χ1v) is 7.24. The summed E-state index contributed by atoms with van der Waals surface area (Å²) < 4.78 is 0. The van der Waals surface area contributed by atoms with Crippen LogP contribution in [0.1, 0.15) is 21.1 Å². The van der Waals surface area contributed by atoms with E-state index in [0.29, 0.717) is 17.7 Å². The summed E-state index contributed by atoms with van der Waals surface area (Å²) in [6, 6.07) is 11.6. The van der Waals surface area contributed by atoms with Crippen molar-refractivity contribution in [1.29, 1.82) is 0 Å². The molecule has 4 heteroatoms. The molecule has 2 N–H and O–H groups in total. The number of hydrogen-bond donors (Lipinski definition) is 1. The van der Waals surface area contributed by atoms with Gasteiger partial charge < -0.3 is 5.73 Å². The first kappa shape index (κ1) is 12.8. The lowest BCUT2D eigenvalue weighted by Gasteiger charge is -2.06. The monoisotopic (exact) mass is 282 g/mol. The van der Waals surface area contributed by atoms with Gasteiger partial charge in [-0.3, -0.25) is 4.79 Å². The zero-order valence-electron chi connectivity index (χ0n) is 11.1. The van der Waals surface area contributed by atoms with Crippen molar-refractivity contribution in [3.63, 3.8) is 0 Å². The van der Waals surface area contributed by atoms with E-state index in [0.717, 1.165) is 21.5 Å². The van der Waals surface area contributed by atoms with Gasteiger partial charge in [0.1, 0.15) is 0 Å². The van der Waals surface area contributed by atoms with E-state index >= 15 is 0 Å². The number of benzene rings is 2. The van der Waals surface area contributed by atoms with Crippen LogP contribution in [0.2, 0.25) is 0 Å². The van der Waals surface area contributed by atoms with Gasteiger partial charge in [-0.05, 0) is 29.8 Å². The minimum Gasteiger partial charge on any atom is -0.398 e. The van der Waals surface area contributed by atoms with E-state index in [-0.39, 0.29) is 5.78 Å². The lowest BCUT2D eigenvalue weighted by Crippen LogP contribution is -2.07. The van der Waals surface area contributed by atoms with E-state index in [1.54, 1.807) is 11.3 Å². The van der Waals surface area contributed by atoms with Crippen LogP contribution in [-0.4, -0.2) is 10.8 Å². The number of nitrogens with zero attached hydrogens (tertiary/aromatic N) is 1. The molecule has 1 aromatic heterocycles. The second kappa shape index (κ2) is 5.06. The zero-order valence-corrected chi connectivity index (χ0v) is 11.9. The molecular weight excluding hydrogens is 268 g/mol. The molecule has 0 amide bonds. The average molecular weight is 282 g/mol. The van der Waals surface area contributed by atoms with Gasteiger partial charge >= 0.3 is 0 Å². The van der Waals surface area contributed by atoms with Crippen molar-refractivity contribution in [2.24, 2.45) is 0 Å². The summed E-state index contributed by atoms with van der Waals surface area (Å²) in [4.78, 5) is 16.7. The molecule has 0 radical (unpaired) electrons. The fourth-order valence-corrected chi connectivity index (χ4v) is 2.86. The molecule has 3 rings (SSSR count). The van der Waals surface area contributed by atoms with Gasteiger partial charge in [0.05, 0.1) is 17.1 Å². The number of thiazole rings is 1. The summed E-state index contributed by atoms with van der Waals surface area (Å²) in [6.07, 6.45) is 0.298. The molecule has 0 aliphatic heterocycles. The molecule has 0 fully saturated rings. The maximum absolute atomic E-state index is 12.4. The van der Waals surface area contributed by atoms with Crippen LogP contribution in [0.15, 0.2) is 41.8 Å². The Bertz CT molecular complexity index is 792. The fourth-order valence-electron chi connectivity index (χ4n) is 2.25. The number of aromatic nitrogens is 1. The number of nitrogen functional groups attached to an aromatic ring is 1. The number of hydrogen-bond acceptors (Lipinski definition) is 4. The molecule has 0 bridgehead atoms. The third-order valence-corrected chi connectivity index (χ3v) is 4.05. The summed E-state index contributed by atoms with van der Waals surface area (Å²) in [6.45, 7) is 1.93. The quantitative estimate of drug-likeness (QED) is 0.589. The second-order valence-corrected chi connectivity index (χ2v) is 5.81. The highest BCUT2D eigenvalue weighted by molar-refractivity contribution is 7.09. The molecule has 0 atom stereocenters. The van der Waals surface area contributed by atoms with Gasteiger partial charge in [-0.15, -0.1) is 11.3 Å². The van der Waals surface area contributed by atoms with Crippen molar-refractivity contribution in [3.8, 4) is 0 Å². The van der Waals surface area contributed by atoms with E-state index in [1.807, 2.05) is 48.7 Å². The number of carbonyl (C=O) groups excluding carboxylic acids is 1. The van der Waals surface area contributed by atoms with Gasteiger partial charge in [0.15, 0.2) is 5.78 Å². The Morgan fingerprint density at radius 1 is 1.25 bits per heavy atom. The molecule has 1 heterocycles. The van der Waals surface area contributed by atoms with Gasteiger partial charge in [0, 0.05) is 16.6 Å². The summed E-state index contributed by atoms with van der Waals surface area (Å²) in [7, 11) is 0. The van der Waals surface area contributed by atoms with E-state index in [1.165, 1.54) is 0 Å². The molecule has 0 saturated heterocycles. The highest BCUT2D eigenvalue weighted by Gasteiger charge is 2.13. The smallest absolute Gasteiger partial charge is 0.170 e. The number of aryl methyl sites for hydroxylation is 1. The van der Waals surface area contributed by atoms with Crippen LogP contribution in [0.4, 0.5) is 5.69 Å². The van der Waals surface area contributed by atoms with Crippen LogP contribution in [-0.2, 0) is 6.42 Å². The highest BCUT2D eigenvalue weighted by Crippen LogP contribution is 2.23. The number of fused-ring (bicyclic) bond motifs is 1. The second-order valence-electron chi connectivity index (χ2n) is 4.74. The molecule has 0 saturated carbocycles. The molecule has 0 spiro atoms. The van der Waals surface area contributed by atoms with Crippen LogP contribution in [0.5, 0.6) is 0 Å². The zero-order chi connectivity index (χ0) is 14.1. The number of ketones is 1. The number of rotatable bonds is 3. The van der Waals surface area contributed by atoms with Crippen molar-refractivity contribution in [2.75, 3.05) is 5.73 Å². The molecule has 0 aliphatic carbocycles. The van der Waals surface area contributed by atoms with Gasteiger partial charge in [-0.2, -0.15) is 0 Å². The van der Waals surface area contributed by atoms with E-state index in [9.17, 15) is 4.79 Å². The number of carbonyl (C=O) groups is 1. The Hall–Kier alpha value is -2.20. The average Bonchev–Trinajstić information content (AvgIpc) is 2.83. The first-order chi connectivity index (χ1) is 9.63. The van der Waals surface area contributed by atoms with Gasteiger partial charge in [-0.25, -0.2) is 4.98 Å². The summed E-state index contributed by atoms with van der Waals surface area (Å²) in [5.74, 6) is 0.0125. The lowest BCUT2D eigenvalue weighted by atomic mass is 10.0. The van der Waals surface area contributed by atoms with Crippen LogP contribution in [0.25, 0.3) is 10.8 Å². The third-order valence-electron chi connectivity index (χ3n) is 3.23. The standard InChI is InChI=1S/C16H14N2OS/c1-10-18-13(9-20-10)8-16(19)14-6-11-4-2-3-5-12(11)7-15(14)17/h2-7,9H,8,17H2,1H3. The molecule has 3 aromatic rings. The number of Topliss-reactive ketones (excluding diaryl/α,β-unsaturated/α-hetero) is 1. The minimum atomic E-state index is 0.0125. The van der Waals surface area contributed by atoms with Gasteiger partial charge in [-0.1, -0.05) is 24.3 Å². The number of anilines is 1. The Morgan fingerprint density at radius 3 is 2.60 bits per heavy atom. The molecule has 20 heavy (non-hydrogen) atoms.